The number of amides is 2. The van der Waals surface area contributed by atoms with E-state index in [1.165, 1.54) is 5.56 Å². The lowest BCUT2D eigenvalue weighted by Gasteiger charge is -2.28. The van der Waals surface area contributed by atoms with Crippen LogP contribution in [0, 0.1) is 6.92 Å². The van der Waals surface area contributed by atoms with Crippen LogP contribution in [0.4, 0.5) is 0 Å². The number of nitrogens with zero attached hydrogens (tertiary/aromatic N) is 2. The molecular weight excluding hydrogens is 388 g/mol. The Bertz CT molecular complexity index is 830. The van der Waals surface area contributed by atoms with Crippen LogP contribution < -0.4 is 10.7 Å². The molecule has 0 saturated heterocycles. The number of likely N-dealkylation sites (N-methyl/N-ethyl adjacent to an activating group) is 1. The van der Waals surface area contributed by atoms with Crippen molar-refractivity contribution in [2.75, 3.05) is 19.6 Å². The van der Waals surface area contributed by atoms with Gasteiger partial charge in [-0.2, -0.15) is 5.10 Å². The van der Waals surface area contributed by atoms with E-state index in [0.717, 1.165) is 37.9 Å². The summed E-state index contributed by atoms with van der Waals surface area (Å²) >= 11 is 0. The highest BCUT2D eigenvalue weighted by molar-refractivity contribution is 5.94. The fourth-order valence-electron chi connectivity index (χ4n) is 3.40. The highest BCUT2D eigenvalue weighted by atomic mass is 16.2. The fraction of sp³-hybridized carbons (Fsp3) is 0.400. The third-order valence-electron chi connectivity index (χ3n) is 5.25. The highest BCUT2D eigenvalue weighted by Crippen LogP contribution is 2.10. The van der Waals surface area contributed by atoms with Crippen LogP contribution in [0.5, 0.6) is 0 Å². The zero-order valence-electron chi connectivity index (χ0n) is 18.8. The number of nitrogens with one attached hydrogen (secondary N) is 2. The molecule has 0 aliphatic rings. The number of hydrogen-bond acceptors (Lipinski definition) is 4. The van der Waals surface area contributed by atoms with Gasteiger partial charge in [0.15, 0.2) is 0 Å². The molecule has 0 saturated carbocycles. The molecule has 0 spiro atoms. The maximum Gasteiger partial charge on any atom is 0.257 e. The standard InChI is InChI=1S/C25H34N4O2/c1-4-29(5-2)23(25(31)28-27-19-21-16-14-20(3)15-17-21)13-9-10-18-26-24(30)22-11-7-6-8-12-22/h6-8,11-12,14-17,19,23H,4-5,9-10,13,18H2,1-3H3,(H,26,30)(H,28,31)/b27-19+. The van der Waals surface area contributed by atoms with Crippen molar-refractivity contribution in [2.45, 2.75) is 46.1 Å². The first-order valence-corrected chi connectivity index (χ1v) is 11.0. The molecule has 166 valence electrons. The van der Waals surface area contributed by atoms with Crippen LogP contribution in [0.15, 0.2) is 59.7 Å². The summed E-state index contributed by atoms with van der Waals surface area (Å²) in [6, 6.07) is 16.9. The third-order valence-corrected chi connectivity index (χ3v) is 5.25. The van der Waals surface area contributed by atoms with Gasteiger partial charge >= 0.3 is 0 Å². The minimum atomic E-state index is -0.241. The molecule has 6 heteroatoms. The summed E-state index contributed by atoms with van der Waals surface area (Å²) in [6.45, 7) is 8.32. The Labute approximate surface area is 185 Å². The molecule has 2 aromatic carbocycles. The number of carbonyl (C=O) groups is 2. The molecule has 1 atom stereocenters. The van der Waals surface area contributed by atoms with Crippen molar-refractivity contribution in [2.24, 2.45) is 5.10 Å². The number of aryl methyl sites for hydroxylation is 1. The summed E-state index contributed by atoms with van der Waals surface area (Å²) < 4.78 is 0. The number of hydrazone groups is 1. The van der Waals surface area contributed by atoms with Crippen molar-refractivity contribution in [1.82, 2.24) is 15.6 Å². The zero-order valence-corrected chi connectivity index (χ0v) is 18.8. The van der Waals surface area contributed by atoms with Gasteiger partial charge in [0.25, 0.3) is 11.8 Å². The second kappa shape index (κ2) is 13.3. The molecule has 0 heterocycles. The average molecular weight is 423 g/mol. The topological polar surface area (TPSA) is 73.8 Å². The molecule has 0 bridgehead atoms. The first-order chi connectivity index (χ1) is 15.0. The summed E-state index contributed by atoms with van der Waals surface area (Å²) in [4.78, 5) is 27.0. The lowest BCUT2D eigenvalue weighted by atomic mass is 10.1. The highest BCUT2D eigenvalue weighted by Gasteiger charge is 2.23. The van der Waals surface area contributed by atoms with E-state index in [4.69, 9.17) is 0 Å². The van der Waals surface area contributed by atoms with Gasteiger partial charge < -0.3 is 5.32 Å². The van der Waals surface area contributed by atoms with E-state index >= 15 is 0 Å². The number of rotatable bonds is 12. The smallest absolute Gasteiger partial charge is 0.257 e. The first-order valence-electron chi connectivity index (χ1n) is 11.0. The van der Waals surface area contributed by atoms with E-state index < -0.39 is 0 Å². The SMILES string of the molecule is CCN(CC)C(CCCCNC(=O)c1ccccc1)C(=O)N/N=C/c1ccc(C)cc1. The monoisotopic (exact) mass is 422 g/mol. The summed E-state index contributed by atoms with van der Waals surface area (Å²) in [5, 5.41) is 7.07. The molecule has 0 aliphatic heterocycles. The van der Waals surface area contributed by atoms with Gasteiger partial charge in [-0.15, -0.1) is 0 Å². The van der Waals surface area contributed by atoms with E-state index in [1.54, 1.807) is 18.3 Å². The van der Waals surface area contributed by atoms with E-state index in [-0.39, 0.29) is 17.9 Å². The predicted molar refractivity (Wildman–Crippen MR) is 126 cm³/mol. The Kier molecular flexibility index (Phi) is 10.4. The van der Waals surface area contributed by atoms with Crippen molar-refractivity contribution in [3.8, 4) is 0 Å². The van der Waals surface area contributed by atoms with Crippen molar-refractivity contribution >= 4 is 18.0 Å². The largest absolute Gasteiger partial charge is 0.352 e. The summed E-state index contributed by atoms with van der Waals surface area (Å²) in [6.07, 6.45) is 4.03. The lowest BCUT2D eigenvalue weighted by Crippen LogP contribution is -2.45. The van der Waals surface area contributed by atoms with Crippen LogP contribution >= 0.6 is 0 Å². The van der Waals surface area contributed by atoms with Crippen LogP contribution in [0.25, 0.3) is 0 Å². The Morgan fingerprint density at radius 3 is 2.32 bits per heavy atom. The lowest BCUT2D eigenvalue weighted by molar-refractivity contribution is -0.126. The van der Waals surface area contributed by atoms with Gasteiger partial charge in [0.1, 0.15) is 0 Å². The molecule has 2 N–H and O–H groups in total. The van der Waals surface area contributed by atoms with Crippen molar-refractivity contribution < 1.29 is 9.59 Å². The Hall–Kier alpha value is -2.99. The van der Waals surface area contributed by atoms with Gasteiger partial charge in [0, 0.05) is 12.1 Å². The summed E-state index contributed by atoms with van der Waals surface area (Å²) in [5.41, 5.74) is 5.48. The van der Waals surface area contributed by atoms with Crippen molar-refractivity contribution in [1.29, 1.82) is 0 Å². The Morgan fingerprint density at radius 1 is 1.00 bits per heavy atom. The molecule has 2 aromatic rings. The minimum Gasteiger partial charge on any atom is -0.352 e. The normalized spacial score (nSPS) is 12.1. The van der Waals surface area contributed by atoms with E-state index in [1.807, 2.05) is 49.4 Å². The van der Waals surface area contributed by atoms with Gasteiger partial charge in [0.05, 0.1) is 12.3 Å². The maximum atomic E-state index is 12.8. The Balaban J connectivity index is 1.81. The maximum absolute atomic E-state index is 12.8. The Morgan fingerprint density at radius 2 is 1.68 bits per heavy atom. The van der Waals surface area contributed by atoms with Gasteiger partial charge in [-0.05, 0) is 57.0 Å². The van der Waals surface area contributed by atoms with Gasteiger partial charge in [-0.3, -0.25) is 14.5 Å². The summed E-state index contributed by atoms with van der Waals surface area (Å²) in [7, 11) is 0. The van der Waals surface area contributed by atoms with E-state index in [9.17, 15) is 9.59 Å². The molecular formula is C25H34N4O2. The quantitative estimate of drug-likeness (QED) is 0.311. The second-order valence-corrected chi connectivity index (χ2v) is 7.50. The van der Waals surface area contributed by atoms with E-state index in [2.05, 4.69) is 34.6 Å². The van der Waals surface area contributed by atoms with E-state index in [0.29, 0.717) is 12.1 Å². The first kappa shape index (κ1) is 24.3. The van der Waals surface area contributed by atoms with Crippen LogP contribution in [0.2, 0.25) is 0 Å². The molecule has 1 unspecified atom stereocenters. The van der Waals surface area contributed by atoms with Crippen LogP contribution in [-0.4, -0.2) is 48.6 Å². The number of hydrogen-bond donors (Lipinski definition) is 2. The second-order valence-electron chi connectivity index (χ2n) is 7.50. The molecule has 31 heavy (non-hydrogen) atoms. The third kappa shape index (κ3) is 8.34. The molecule has 2 amide bonds. The van der Waals surface area contributed by atoms with Crippen LogP contribution in [0.3, 0.4) is 0 Å². The van der Waals surface area contributed by atoms with Crippen LogP contribution in [0.1, 0.15) is 54.6 Å². The summed E-state index contributed by atoms with van der Waals surface area (Å²) in [5.74, 6) is -0.163. The zero-order chi connectivity index (χ0) is 22.5. The van der Waals surface area contributed by atoms with Crippen molar-refractivity contribution in [3.63, 3.8) is 0 Å². The number of unbranched alkanes of at least 4 members (excludes halogenated alkanes) is 1. The molecule has 0 aliphatic carbocycles. The predicted octanol–water partition coefficient (Wildman–Crippen LogP) is 3.76. The average Bonchev–Trinajstić information content (AvgIpc) is 2.80. The molecule has 0 fully saturated rings. The van der Waals surface area contributed by atoms with Crippen LogP contribution in [-0.2, 0) is 4.79 Å². The molecule has 2 rings (SSSR count). The van der Waals surface area contributed by atoms with Gasteiger partial charge in [-0.25, -0.2) is 5.43 Å². The number of carbonyl (C=O) groups excluding carboxylic acids is 2. The molecule has 0 aromatic heterocycles. The fourth-order valence-corrected chi connectivity index (χ4v) is 3.40. The molecule has 0 radical (unpaired) electrons. The van der Waals surface area contributed by atoms with Crippen molar-refractivity contribution in [3.05, 3.63) is 71.3 Å². The van der Waals surface area contributed by atoms with Gasteiger partial charge in [0.2, 0.25) is 0 Å². The van der Waals surface area contributed by atoms with Gasteiger partial charge in [-0.1, -0.05) is 61.9 Å². The minimum absolute atomic E-state index is 0.0657. The number of benzene rings is 2. The molecule has 6 nitrogen and oxygen atoms in total.